The molecule has 1 aliphatic heterocycles. The van der Waals surface area contributed by atoms with Gasteiger partial charge in [-0.05, 0) is 41.3 Å². The molecule has 0 spiro atoms. The SMILES string of the molecule is OCc1nc(-c2cc(Br)cs2)n2c1CCCC2. The van der Waals surface area contributed by atoms with Crippen LogP contribution in [0.25, 0.3) is 10.7 Å². The molecule has 0 unspecified atom stereocenters. The highest BCUT2D eigenvalue weighted by Crippen LogP contribution is 2.33. The van der Waals surface area contributed by atoms with E-state index in [1.165, 1.54) is 23.4 Å². The second kappa shape index (κ2) is 4.55. The van der Waals surface area contributed by atoms with Crippen molar-refractivity contribution in [3.63, 3.8) is 0 Å². The molecular formula is C12H13BrN2OS. The highest BCUT2D eigenvalue weighted by molar-refractivity contribution is 9.10. The summed E-state index contributed by atoms with van der Waals surface area (Å²) >= 11 is 5.16. The van der Waals surface area contributed by atoms with E-state index in [0.717, 1.165) is 29.0 Å². The molecule has 0 aromatic carbocycles. The second-order valence-electron chi connectivity index (χ2n) is 4.22. The largest absolute Gasteiger partial charge is 0.390 e. The summed E-state index contributed by atoms with van der Waals surface area (Å²) in [6, 6.07) is 2.09. The van der Waals surface area contributed by atoms with Crippen molar-refractivity contribution in [3.8, 4) is 10.7 Å². The van der Waals surface area contributed by atoms with Crippen molar-refractivity contribution >= 4 is 27.3 Å². The molecule has 3 rings (SSSR count). The number of aliphatic hydroxyl groups excluding tert-OH is 1. The number of imidazole rings is 1. The van der Waals surface area contributed by atoms with Crippen molar-refractivity contribution < 1.29 is 5.11 Å². The molecule has 0 bridgehead atoms. The number of thiophene rings is 1. The predicted molar refractivity (Wildman–Crippen MR) is 72.1 cm³/mol. The zero-order valence-corrected chi connectivity index (χ0v) is 11.7. The molecule has 0 amide bonds. The minimum Gasteiger partial charge on any atom is -0.390 e. The van der Waals surface area contributed by atoms with E-state index in [2.05, 4.69) is 36.9 Å². The van der Waals surface area contributed by atoms with Crippen molar-refractivity contribution in [1.29, 1.82) is 0 Å². The third-order valence-electron chi connectivity index (χ3n) is 3.14. The van der Waals surface area contributed by atoms with E-state index in [4.69, 9.17) is 0 Å². The fourth-order valence-corrected chi connectivity index (χ4v) is 3.79. The van der Waals surface area contributed by atoms with Crippen LogP contribution >= 0.6 is 27.3 Å². The number of nitrogens with zero attached hydrogens (tertiary/aromatic N) is 2. The van der Waals surface area contributed by atoms with Gasteiger partial charge in [0.05, 0.1) is 17.2 Å². The number of aliphatic hydroxyl groups is 1. The van der Waals surface area contributed by atoms with Crippen molar-refractivity contribution in [2.45, 2.75) is 32.4 Å². The number of halogens is 1. The molecule has 3 nitrogen and oxygen atoms in total. The number of hydrogen-bond acceptors (Lipinski definition) is 3. The molecule has 0 atom stereocenters. The molecule has 5 heteroatoms. The summed E-state index contributed by atoms with van der Waals surface area (Å²) in [7, 11) is 0. The molecule has 3 heterocycles. The molecule has 0 radical (unpaired) electrons. The van der Waals surface area contributed by atoms with Gasteiger partial charge in [0, 0.05) is 22.1 Å². The van der Waals surface area contributed by atoms with Crippen LogP contribution < -0.4 is 0 Å². The van der Waals surface area contributed by atoms with Gasteiger partial charge in [-0.1, -0.05) is 0 Å². The first-order chi connectivity index (χ1) is 8.29. The Hall–Kier alpha value is -0.650. The number of fused-ring (bicyclic) bond motifs is 1. The van der Waals surface area contributed by atoms with Gasteiger partial charge in [-0.15, -0.1) is 11.3 Å². The van der Waals surface area contributed by atoms with Gasteiger partial charge in [0.25, 0.3) is 0 Å². The minimum absolute atomic E-state index is 0.0435. The van der Waals surface area contributed by atoms with Crippen LogP contribution in [0.2, 0.25) is 0 Å². The Bertz CT molecular complexity index is 547. The Morgan fingerprint density at radius 3 is 3.06 bits per heavy atom. The first kappa shape index (κ1) is 11.4. The van der Waals surface area contributed by atoms with Crippen molar-refractivity contribution in [3.05, 3.63) is 27.3 Å². The maximum absolute atomic E-state index is 9.38. The maximum Gasteiger partial charge on any atom is 0.150 e. The van der Waals surface area contributed by atoms with Crippen LogP contribution in [-0.2, 0) is 19.6 Å². The van der Waals surface area contributed by atoms with E-state index < -0.39 is 0 Å². The minimum atomic E-state index is 0.0435. The second-order valence-corrected chi connectivity index (χ2v) is 6.05. The third-order valence-corrected chi connectivity index (χ3v) is 4.83. The lowest BCUT2D eigenvalue weighted by Gasteiger charge is -2.16. The summed E-state index contributed by atoms with van der Waals surface area (Å²) in [6.07, 6.45) is 3.44. The predicted octanol–water partition coefficient (Wildman–Crippen LogP) is 3.20. The molecule has 0 saturated carbocycles. The molecule has 1 N–H and O–H groups in total. The van der Waals surface area contributed by atoms with E-state index >= 15 is 0 Å². The summed E-state index contributed by atoms with van der Waals surface area (Å²) in [5.74, 6) is 1.01. The summed E-state index contributed by atoms with van der Waals surface area (Å²) in [4.78, 5) is 5.76. The fourth-order valence-electron chi connectivity index (χ4n) is 2.36. The molecular weight excluding hydrogens is 300 g/mol. The molecule has 0 saturated heterocycles. The molecule has 0 aliphatic carbocycles. The Morgan fingerprint density at radius 1 is 1.47 bits per heavy atom. The van der Waals surface area contributed by atoms with Gasteiger partial charge < -0.3 is 9.67 Å². The van der Waals surface area contributed by atoms with Crippen LogP contribution in [0, 0.1) is 0 Å². The average molecular weight is 313 g/mol. The van der Waals surface area contributed by atoms with E-state index in [1.807, 2.05) is 0 Å². The van der Waals surface area contributed by atoms with Crippen molar-refractivity contribution in [2.24, 2.45) is 0 Å². The van der Waals surface area contributed by atoms with Crippen LogP contribution in [-0.4, -0.2) is 14.7 Å². The molecule has 1 aliphatic rings. The number of rotatable bonds is 2. The van der Waals surface area contributed by atoms with E-state index in [0.29, 0.717) is 0 Å². The summed E-state index contributed by atoms with van der Waals surface area (Å²) in [5.41, 5.74) is 2.07. The Labute approximate surface area is 112 Å². The van der Waals surface area contributed by atoms with Crippen LogP contribution in [0.5, 0.6) is 0 Å². The summed E-state index contributed by atoms with van der Waals surface area (Å²) in [5, 5.41) is 11.4. The quantitative estimate of drug-likeness (QED) is 0.924. The summed E-state index contributed by atoms with van der Waals surface area (Å²) in [6.45, 7) is 1.06. The Morgan fingerprint density at radius 2 is 2.35 bits per heavy atom. The van der Waals surface area contributed by atoms with E-state index in [1.54, 1.807) is 11.3 Å². The number of aromatic nitrogens is 2. The van der Waals surface area contributed by atoms with Gasteiger partial charge in [0.15, 0.2) is 5.82 Å². The first-order valence-electron chi connectivity index (χ1n) is 5.73. The van der Waals surface area contributed by atoms with Gasteiger partial charge in [0.2, 0.25) is 0 Å². The van der Waals surface area contributed by atoms with Crippen LogP contribution in [0.4, 0.5) is 0 Å². The molecule has 90 valence electrons. The normalized spacial score (nSPS) is 14.9. The summed E-state index contributed by atoms with van der Waals surface area (Å²) < 4.78 is 3.36. The smallest absolute Gasteiger partial charge is 0.150 e. The maximum atomic E-state index is 9.38. The van der Waals surface area contributed by atoms with E-state index in [9.17, 15) is 5.11 Å². The van der Waals surface area contributed by atoms with Gasteiger partial charge in [-0.2, -0.15) is 0 Å². The molecule has 2 aromatic rings. The third kappa shape index (κ3) is 1.96. The van der Waals surface area contributed by atoms with Crippen LogP contribution in [0.3, 0.4) is 0 Å². The molecule has 17 heavy (non-hydrogen) atoms. The highest BCUT2D eigenvalue weighted by atomic mass is 79.9. The fraction of sp³-hybridized carbons (Fsp3) is 0.417. The van der Waals surface area contributed by atoms with Gasteiger partial charge in [-0.25, -0.2) is 4.98 Å². The Balaban J connectivity index is 2.13. The van der Waals surface area contributed by atoms with Gasteiger partial charge >= 0.3 is 0 Å². The van der Waals surface area contributed by atoms with E-state index in [-0.39, 0.29) is 6.61 Å². The lowest BCUT2D eigenvalue weighted by molar-refractivity contribution is 0.275. The first-order valence-corrected chi connectivity index (χ1v) is 7.40. The van der Waals surface area contributed by atoms with Gasteiger partial charge in [-0.3, -0.25) is 0 Å². The van der Waals surface area contributed by atoms with Crippen LogP contribution in [0.15, 0.2) is 15.9 Å². The monoisotopic (exact) mass is 312 g/mol. The molecule has 0 fully saturated rings. The zero-order chi connectivity index (χ0) is 11.8. The highest BCUT2D eigenvalue weighted by Gasteiger charge is 2.20. The van der Waals surface area contributed by atoms with Crippen LogP contribution in [0.1, 0.15) is 24.2 Å². The zero-order valence-electron chi connectivity index (χ0n) is 9.32. The van der Waals surface area contributed by atoms with Crippen molar-refractivity contribution in [2.75, 3.05) is 0 Å². The Kier molecular flexibility index (Phi) is 3.06. The topological polar surface area (TPSA) is 38.1 Å². The number of hydrogen-bond donors (Lipinski definition) is 1. The standard InChI is InChI=1S/C12H13BrN2OS/c13-8-5-11(17-7-8)12-14-9(6-16)10-3-1-2-4-15(10)12/h5,7,16H,1-4,6H2. The van der Waals surface area contributed by atoms with Gasteiger partial charge in [0.1, 0.15) is 0 Å². The molecule has 2 aromatic heterocycles. The average Bonchev–Trinajstić information content (AvgIpc) is 2.92. The van der Waals surface area contributed by atoms with Crippen molar-refractivity contribution in [1.82, 2.24) is 9.55 Å². The lowest BCUT2D eigenvalue weighted by Crippen LogP contribution is -2.11. The lowest BCUT2D eigenvalue weighted by atomic mass is 10.1.